The molecule has 9 heteroatoms. The van der Waals surface area contributed by atoms with Crippen molar-refractivity contribution in [3.05, 3.63) is 35.6 Å². The van der Waals surface area contributed by atoms with Gasteiger partial charge in [-0.05, 0) is 24.2 Å². The smallest absolute Gasteiger partial charge is 0.329 e. The van der Waals surface area contributed by atoms with Crippen LogP contribution in [-0.4, -0.2) is 42.6 Å². The van der Waals surface area contributed by atoms with Crippen LogP contribution in [0.3, 0.4) is 0 Å². The van der Waals surface area contributed by atoms with Gasteiger partial charge in [0.05, 0.1) is 6.54 Å². The summed E-state index contributed by atoms with van der Waals surface area (Å²) in [6.07, 6.45) is -4.55. The molecule has 0 heterocycles. The molecule has 23 heavy (non-hydrogen) atoms. The summed E-state index contributed by atoms with van der Waals surface area (Å²) in [4.78, 5) is 24.4. The Labute approximate surface area is 130 Å². The molecule has 0 unspecified atom stereocenters. The van der Waals surface area contributed by atoms with E-state index in [2.05, 4.69) is 0 Å². The first-order valence-corrected chi connectivity index (χ1v) is 6.81. The van der Waals surface area contributed by atoms with Crippen molar-refractivity contribution in [3.8, 4) is 0 Å². The standard InChI is InChI=1S/C14H17F4N3O2/c1-2-21(7-10-4-3-5-11(15)6-10)8-12(22)20-13(23)19-9-14(16,17)18/h3-6H,2,7-9H2,1H3,(H2,19,20,22,23). The first-order chi connectivity index (χ1) is 10.7. The van der Waals surface area contributed by atoms with Crippen molar-refractivity contribution in [3.63, 3.8) is 0 Å². The number of hydrogen-bond donors (Lipinski definition) is 2. The van der Waals surface area contributed by atoms with Crippen LogP contribution >= 0.6 is 0 Å². The summed E-state index contributed by atoms with van der Waals surface area (Å²) in [7, 11) is 0. The highest BCUT2D eigenvalue weighted by molar-refractivity contribution is 5.95. The fraction of sp³-hybridized carbons (Fsp3) is 0.429. The average Bonchev–Trinajstić information content (AvgIpc) is 2.43. The number of amides is 3. The van der Waals surface area contributed by atoms with Gasteiger partial charge in [0.15, 0.2) is 0 Å². The maximum Gasteiger partial charge on any atom is 0.405 e. The van der Waals surface area contributed by atoms with Crippen molar-refractivity contribution in [1.82, 2.24) is 15.5 Å². The highest BCUT2D eigenvalue weighted by Gasteiger charge is 2.28. The monoisotopic (exact) mass is 335 g/mol. The van der Waals surface area contributed by atoms with Gasteiger partial charge in [-0.15, -0.1) is 0 Å². The molecule has 0 radical (unpaired) electrons. The summed E-state index contributed by atoms with van der Waals surface area (Å²) in [5.41, 5.74) is 0.640. The van der Waals surface area contributed by atoms with Gasteiger partial charge in [-0.25, -0.2) is 9.18 Å². The van der Waals surface area contributed by atoms with Crippen molar-refractivity contribution >= 4 is 11.9 Å². The van der Waals surface area contributed by atoms with E-state index in [1.54, 1.807) is 17.9 Å². The maximum atomic E-state index is 13.1. The summed E-state index contributed by atoms with van der Waals surface area (Å²) >= 11 is 0. The molecule has 0 fully saturated rings. The normalized spacial score (nSPS) is 11.4. The van der Waals surface area contributed by atoms with Crippen molar-refractivity contribution in [2.24, 2.45) is 0 Å². The Bertz CT molecular complexity index is 549. The van der Waals surface area contributed by atoms with E-state index in [4.69, 9.17) is 0 Å². The molecule has 0 spiro atoms. The van der Waals surface area contributed by atoms with Crippen LogP contribution in [0, 0.1) is 5.82 Å². The fourth-order valence-electron chi connectivity index (χ4n) is 1.77. The number of hydrogen-bond acceptors (Lipinski definition) is 3. The minimum atomic E-state index is -4.55. The van der Waals surface area contributed by atoms with E-state index >= 15 is 0 Å². The summed E-state index contributed by atoms with van der Waals surface area (Å²) in [5.74, 6) is -1.16. The summed E-state index contributed by atoms with van der Waals surface area (Å²) in [6.45, 7) is 0.746. The number of likely N-dealkylation sites (N-methyl/N-ethyl adjacent to an activating group) is 1. The van der Waals surface area contributed by atoms with Gasteiger partial charge in [-0.2, -0.15) is 13.2 Å². The SMILES string of the molecule is CCN(CC(=O)NC(=O)NCC(F)(F)F)Cc1cccc(F)c1. The number of carbonyl (C=O) groups is 2. The predicted molar refractivity (Wildman–Crippen MR) is 74.9 cm³/mol. The van der Waals surface area contributed by atoms with Gasteiger partial charge in [-0.3, -0.25) is 15.0 Å². The Kier molecular flexibility index (Phi) is 6.95. The summed E-state index contributed by atoms with van der Waals surface area (Å²) in [5, 5.41) is 3.35. The highest BCUT2D eigenvalue weighted by atomic mass is 19.4. The summed E-state index contributed by atoms with van der Waals surface area (Å²) in [6, 6.07) is 4.60. The number of halogens is 4. The zero-order chi connectivity index (χ0) is 17.5. The van der Waals surface area contributed by atoms with Crippen molar-refractivity contribution in [2.75, 3.05) is 19.6 Å². The third kappa shape index (κ3) is 8.15. The second kappa shape index (κ2) is 8.47. The lowest BCUT2D eigenvalue weighted by Crippen LogP contribution is -2.46. The number of rotatable bonds is 6. The van der Waals surface area contributed by atoms with E-state index in [1.807, 2.05) is 5.32 Å². The molecule has 3 amide bonds. The van der Waals surface area contributed by atoms with E-state index in [-0.39, 0.29) is 13.1 Å². The van der Waals surface area contributed by atoms with Gasteiger partial charge < -0.3 is 5.32 Å². The molecule has 0 aliphatic rings. The minimum Gasteiger partial charge on any atom is -0.329 e. The highest BCUT2D eigenvalue weighted by Crippen LogP contribution is 2.12. The number of nitrogens with one attached hydrogen (secondary N) is 2. The predicted octanol–water partition coefficient (Wildman–Crippen LogP) is 2.04. The Morgan fingerprint density at radius 1 is 1.26 bits per heavy atom. The van der Waals surface area contributed by atoms with Crippen molar-refractivity contribution < 1.29 is 27.2 Å². The van der Waals surface area contributed by atoms with Crippen molar-refractivity contribution in [2.45, 2.75) is 19.6 Å². The molecule has 5 nitrogen and oxygen atoms in total. The topological polar surface area (TPSA) is 61.4 Å². The van der Waals surface area contributed by atoms with Crippen LogP contribution in [0.1, 0.15) is 12.5 Å². The molecule has 0 saturated carbocycles. The van der Waals surface area contributed by atoms with Crippen LogP contribution in [0.5, 0.6) is 0 Å². The van der Waals surface area contributed by atoms with Gasteiger partial charge in [0, 0.05) is 6.54 Å². The van der Waals surface area contributed by atoms with Crippen LogP contribution < -0.4 is 10.6 Å². The van der Waals surface area contributed by atoms with Crippen LogP contribution in [0.25, 0.3) is 0 Å². The van der Waals surface area contributed by atoms with E-state index < -0.39 is 30.5 Å². The van der Waals surface area contributed by atoms with Gasteiger partial charge in [-0.1, -0.05) is 19.1 Å². The first-order valence-electron chi connectivity index (χ1n) is 6.81. The first kappa shape index (κ1) is 18.9. The molecular formula is C14H17F4N3O2. The lowest BCUT2D eigenvalue weighted by atomic mass is 10.2. The Balaban J connectivity index is 2.45. The molecule has 0 aliphatic heterocycles. The maximum absolute atomic E-state index is 13.1. The van der Waals surface area contributed by atoms with Crippen molar-refractivity contribution in [1.29, 1.82) is 0 Å². The van der Waals surface area contributed by atoms with E-state index in [0.717, 1.165) is 0 Å². The number of alkyl halides is 3. The van der Waals surface area contributed by atoms with E-state index in [1.165, 1.54) is 23.5 Å². The molecule has 0 saturated heterocycles. The molecule has 0 atom stereocenters. The third-order valence-electron chi connectivity index (χ3n) is 2.81. The molecule has 1 aromatic rings. The molecule has 0 bridgehead atoms. The zero-order valence-corrected chi connectivity index (χ0v) is 12.4. The number of carbonyl (C=O) groups excluding carboxylic acids is 2. The quantitative estimate of drug-likeness (QED) is 0.782. The second-order valence-electron chi connectivity index (χ2n) is 4.78. The minimum absolute atomic E-state index is 0.202. The van der Waals surface area contributed by atoms with Gasteiger partial charge in [0.25, 0.3) is 0 Å². The number of imide groups is 1. The Hall–Kier alpha value is -2.16. The third-order valence-corrected chi connectivity index (χ3v) is 2.81. The van der Waals surface area contributed by atoms with Crippen LogP contribution in [0.4, 0.5) is 22.4 Å². The van der Waals surface area contributed by atoms with Crippen LogP contribution in [0.15, 0.2) is 24.3 Å². The molecule has 2 N–H and O–H groups in total. The summed E-state index contributed by atoms with van der Waals surface area (Å²) < 4.78 is 48.9. The molecule has 0 aliphatic carbocycles. The molecule has 128 valence electrons. The van der Waals surface area contributed by atoms with E-state index in [9.17, 15) is 27.2 Å². The number of urea groups is 1. The largest absolute Gasteiger partial charge is 0.405 e. The lowest BCUT2D eigenvalue weighted by Gasteiger charge is -2.19. The Morgan fingerprint density at radius 2 is 1.96 bits per heavy atom. The second-order valence-corrected chi connectivity index (χ2v) is 4.78. The zero-order valence-electron chi connectivity index (χ0n) is 12.4. The Morgan fingerprint density at radius 3 is 2.52 bits per heavy atom. The molecule has 0 aromatic heterocycles. The molecule has 1 rings (SSSR count). The fourth-order valence-corrected chi connectivity index (χ4v) is 1.77. The number of benzene rings is 1. The van der Waals surface area contributed by atoms with Crippen LogP contribution in [0.2, 0.25) is 0 Å². The molecular weight excluding hydrogens is 318 g/mol. The van der Waals surface area contributed by atoms with Gasteiger partial charge >= 0.3 is 12.2 Å². The number of nitrogens with zero attached hydrogens (tertiary/aromatic N) is 1. The molecule has 1 aromatic carbocycles. The van der Waals surface area contributed by atoms with Gasteiger partial charge in [0.1, 0.15) is 12.4 Å². The van der Waals surface area contributed by atoms with Crippen LogP contribution in [-0.2, 0) is 11.3 Å². The lowest BCUT2D eigenvalue weighted by molar-refractivity contribution is -0.125. The average molecular weight is 335 g/mol. The van der Waals surface area contributed by atoms with Gasteiger partial charge in [0.2, 0.25) is 5.91 Å². The van der Waals surface area contributed by atoms with E-state index in [0.29, 0.717) is 12.1 Å².